The van der Waals surface area contributed by atoms with Crippen molar-refractivity contribution >= 4 is 0 Å². The van der Waals surface area contributed by atoms with Crippen molar-refractivity contribution in [2.45, 2.75) is 25.9 Å². The summed E-state index contributed by atoms with van der Waals surface area (Å²) in [5.41, 5.74) is 0. The maximum absolute atomic E-state index is 9.08. The number of rotatable bonds is 5. The van der Waals surface area contributed by atoms with Crippen LogP contribution in [0.5, 0.6) is 5.75 Å². The highest BCUT2D eigenvalue weighted by atomic mass is 16.5. The lowest BCUT2D eigenvalue weighted by Gasteiger charge is -2.11. The lowest BCUT2D eigenvalue weighted by Crippen LogP contribution is -2.18. The van der Waals surface area contributed by atoms with Gasteiger partial charge in [-0.3, -0.25) is 0 Å². The lowest BCUT2D eigenvalue weighted by atomic mass is 10.2. The summed E-state index contributed by atoms with van der Waals surface area (Å²) >= 11 is 0. The number of ether oxygens (including phenoxy) is 1. The van der Waals surface area contributed by atoms with Gasteiger partial charge in [-0.15, -0.1) is 0 Å². The Balaban J connectivity index is 0.000000302. The van der Waals surface area contributed by atoms with Crippen molar-refractivity contribution in [3.63, 3.8) is 0 Å². The third-order valence-corrected chi connectivity index (χ3v) is 2.36. The fraction of sp³-hybridized carbons (Fsp3) is 0.571. The Morgan fingerprint density at radius 3 is 2.18 bits per heavy atom. The Kier molecular flexibility index (Phi) is 9.49. The molecular weight excluding hydrogens is 214 g/mol. The predicted octanol–water partition coefficient (Wildman–Crippen LogP) is 2.40. The third-order valence-electron chi connectivity index (χ3n) is 2.36. The molecule has 1 aromatic rings. The average molecular weight is 239 g/mol. The van der Waals surface area contributed by atoms with Crippen molar-refractivity contribution in [3.8, 4) is 5.75 Å². The van der Waals surface area contributed by atoms with Crippen molar-refractivity contribution < 1.29 is 9.84 Å². The molecule has 0 radical (unpaired) electrons. The van der Waals surface area contributed by atoms with E-state index in [1.54, 1.807) is 7.11 Å². The Hall–Kier alpha value is -1.06. The van der Waals surface area contributed by atoms with Gasteiger partial charge in [0.05, 0.1) is 13.2 Å². The topological polar surface area (TPSA) is 32.7 Å². The molecular formula is C14H25NO2. The summed E-state index contributed by atoms with van der Waals surface area (Å²) < 4.78 is 4.91. The number of hydrogen-bond acceptors (Lipinski definition) is 3. The van der Waals surface area contributed by atoms with Crippen LogP contribution >= 0.6 is 0 Å². The Morgan fingerprint density at radius 2 is 1.82 bits per heavy atom. The predicted molar refractivity (Wildman–Crippen MR) is 72.5 cm³/mol. The van der Waals surface area contributed by atoms with Crippen molar-refractivity contribution in [3.05, 3.63) is 30.3 Å². The van der Waals surface area contributed by atoms with Gasteiger partial charge in [-0.1, -0.05) is 25.1 Å². The molecule has 17 heavy (non-hydrogen) atoms. The molecule has 98 valence electrons. The van der Waals surface area contributed by atoms with Crippen LogP contribution in [0, 0.1) is 0 Å². The molecule has 0 amide bonds. The van der Waals surface area contributed by atoms with Gasteiger partial charge < -0.3 is 14.7 Å². The second-order valence-electron chi connectivity index (χ2n) is 4.17. The van der Waals surface area contributed by atoms with Gasteiger partial charge in [-0.25, -0.2) is 0 Å². The maximum atomic E-state index is 9.08. The number of nitrogens with zero attached hydrogens (tertiary/aromatic N) is 1. The van der Waals surface area contributed by atoms with Crippen LogP contribution in [0.2, 0.25) is 0 Å². The molecule has 1 N–H and O–H groups in total. The Bertz CT molecular complexity index is 262. The summed E-state index contributed by atoms with van der Waals surface area (Å²) in [5, 5.41) is 9.08. The molecule has 0 aliphatic heterocycles. The van der Waals surface area contributed by atoms with E-state index >= 15 is 0 Å². The zero-order chi connectivity index (χ0) is 13.1. The van der Waals surface area contributed by atoms with Gasteiger partial charge >= 0.3 is 0 Å². The number of para-hydroxylation sites is 1. The van der Waals surface area contributed by atoms with Crippen LogP contribution in [-0.4, -0.2) is 43.9 Å². The molecule has 3 nitrogen and oxygen atoms in total. The average Bonchev–Trinajstić information content (AvgIpc) is 2.37. The summed E-state index contributed by atoms with van der Waals surface area (Å²) in [6.07, 6.45) is 1.66. The molecule has 0 heterocycles. The minimum Gasteiger partial charge on any atom is -0.497 e. The highest BCUT2D eigenvalue weighted by molar-refractivity contribution is 5.20. The van der Waals surface area contributed by atoms with Crippen molar-refractivity contribution in [1.29, 1.82) is 0 Å². The van der Waals surface area contributed by atoms with Crippen LogP contribution in [-0.2, 0) is 0 Å². The maximum Gasteiger partial charge on any atom is 0.118 e. The van der Waals surface area contributed by atoms with Gasteiger partial charge in [0.1, 0.15) is 5.75 Å². The molecule has 1 unspecified atom stereocenters. The molecule has 0 fully saturated rings. The number of benzene rings is 1. The molecule has 0 aliphatic carbocycles. The van der Waals surface area contributed by atoms with E-state index < -0.39 is 0 Å². The second kappa shape index (κ2) is 10.1. The van der Waals surface area contributed by atoms with E-state index in [1.165, 1.54) is 0 Å². The zero-order valence-corrected chi connectivity index (χ0v) is 11.4. The minimum atomic E-state index is -0.104. The van der Waals surface area contributed by atoms with E-state index in [0.717, 1.165) is 25.1 Å². The molecule has 1 aromatic carbocycles. The minimum absolute atomic E-state index is 0.104. The lowest BCUT2D eigenvalue weighted by molar-refractivity contribution is 0.148. The van der Waals surface area contributed by atoms with Crippen LogP contribution in [0.1, 0.15) is 19.8 Å². The zero-order valence-electron chi connectivity index (χ0n) is 11.4. The molecule has 0 spiro atoms. The SMILES string of the molecule is CCC(O)CCN(C)C.COc1ccccc1. The first-order valence-electron chi connectivity index (χ1n) is 6.02. The first kappa shape index (κ1) is 15.9. The van der Waals surface area contributed by atoms with Crippen molar-refractivity contribution in [1.82, 2.24) is 4.90 Å². The molecule has 0 bridgehead atoms. The van der Waals surface area contributed by atoms with E-state index in [0.29, 0.717) is 0 Å². The number of hydrogen-bond donors (Lipinski definition) is 1. The van der Waals surface area contributed by atoms with Gasteiger partial charge in [0.2, 0.25) is 0 Å². The van der Waals surface area contributed by atoms with Gasteiger partial charge in [0.15, 0.2) is 0 Å². The summed E-state index contributed by atoms with van der Waals surface area (Å²) in [4.78, 5) is 2.08. The van der Waals surface area contributed by atoms with E-state index in [-0.39, 0.29) is 6.10 Å². The van der Waals surface area contributed by atoms with E-state index in [2.05, 4.69) is 4.90 Å². The molecule has 0 saturated heterocycles. The smallest absolute Gasteiger partial charge is 0.118 e. The van der Waals surface area contributed by atoms with Crippen molar-refractivity contribution in [2.75, 3.05) is 27.7 Å². The number of methoxy groups -OCH3 is 1. The van der Waals surface area contributed by atoms with Gasteiger partial charge in [-0.05, 0) is 45.6 Å². The standard InChI is InChI=1S/C7H17NO.C7H8O/c1-4-7(9)5-6-8(2)3;1-8-7-5-3-2-4-6-7/h7,9H,4-6H2,1-3H3;2-6H,1H3. The highest BCUT2D eigenvalue weighted by Gasteiger charge is 1.99. The first-order valence-corrected chi connectivity index (χ1v) is 6.02. The van der Waals surface area contributed by atoms with Crippen LogP contribution in [0.25, 0.3) is 0 Å². The van der Waals surface area contributed by atoms with Gasteiger partial charge in [-0.2, -0.15) is 0 Å². The quantitative estimate of drug-likeness (QED) is 0.856. The fourth-order valence-corrected chi connectivity index (χ4v) is 1.17. The van der Waals surface area contributed by atoms with Crippen LogP contribution in [0.4, 0.5) is 0 Å². The van der Waals surface area contributed by atoms with Crippen LogP contribution in [0.3, 0.4) is 0 Å². The van der Waals surface area contributed by atoms with Crippen molar-refractivity contribution in [2.24, 2.45) is 0 Å². The second-order valence-corrected chi connectivity index (χ2v) is 4.17. The van der Waals surface area contributed by atoms with Gasteiger partial charge in [0.25, 0.3) is 0 Å². The number of aliphatic hydroxyl groups is 1. The van der Waals surface area contributed by atoms with Gasteiger partial charge in [0, 0.05) is 0 Å². The molecule has 0 saturated carbocycles. The Morgan fingerprint density at radius 1 is 1.24 bits per heavy atom. The summed E-state index contributed by atoms with van der Waals surface area (Å²) in [6, 6.07) is 9.68. The van der Waals surface area contributed by atoms with E-state index in [9.17, 15) is 0 Å². The molecule has 0 aromatic heterocycles. The normalized spacial score (nSPS) is 11.6. The van der Waals surface area contributed by atoms with Crippen LogP contribution < -0.4 is 4.74 Å². The first-order chi connectivity index (χ1) is 8.10. The summed E-state index contributed by atoms with van der Waals surface area (Å²) in [7, 11) is 5.69. The largest absolute Gasteiger partial charge is 0.497 e. The van der Waals surface area contributed by atoms with Crippen LogP contribution in [0.15, 0.2) is 30.3 Å². The third kappa shape index (κ3) is 9.85. The van der Waals surface area contributed by atoms with E-state index in [1.807, 2.05) is 51.4 Å². The fourth-order valence-electron chi connectivity index (χ4n) is 1.17. The summed E-state index contributed by atoms with van der Waals surface area (Å²) in [6.45, 7) is 2.98. The molecule has 0 aliphatic rings. The monoisotopic (exact) mass is 239 g/mol. The van der Waals surface area contributed by atoms with E-state index in [4.69, 9.17) is 9.84 Å². The molecule has 1 atom stereocenters. The molecule has 3 heteroatoms. The number of aliphatic hydroxyl groups excluding tert-OH is 1. The Labute approximate surface area is 105 Å². The summed E-state index contributed by atoms with van der Waals surface area (Å²) in [5.74, 6) is 0.910. The molecule has 1 rings (SSSR count). The highest BCUT2D eigenvalue weighted by Crippen LogP contribution is 2.05.